The molecule has 0 atom stereocenters. The molecule has 1 heterocycles. The van der Waals surface area contributed by atoms with Crippen molar-refractivity contribution in [1.29, 1.82) is 0 Å². The summed E-state index contributed by atoms with van der Waals surface area (Å²) >= 11 is 5.99. The van der Waals surface area contributed by atoms with Crippen molar-refractivity contribution in [3.8, 4) is 0 Å². The molecule has 0 unspecified atom stereocenters. The summed E-state index contributed by atoms with van der Waals surface area (Å²) in [6.45, 7) is 3.26. The first-order chi connectivity index (χ1) is 9.11. The third-order valence-electron chi connectivity index (χ3n) is 2.78. The molecule has 1 aromatic carbocycles. The summed E-state index contributed by atoms with van der Waals surface area (Å²) in [5, 5.41) is 0.105. The average Bonchev–Trinajstić information content (AvgIpc) is 2.40. The number of benzene rings is 1. The van der Waals surface area contributed by atoms with E-state index in [1.165, 1.54) is 6.33 Å². The van der Waals surface area contributed by atoms with E-state index in [0.717, 1.165) is 5.56 Å². The second kappa shape index (κ2) is 5.75. The van der Waals surface area contributed by atoms with Crippen LogP contribution in [-0.4, -0.2) is 16.5 Å². The Bertz CT molecular complexity index is 626. The zero-order valence-electron chi connectivity index (χ0n) is 10.6. The van der Waals surface area contributed by atoms with E-state index in [-0.39, 0.29) is 10.6 Å². The zero-order chi connectivity index (χ0) is 13.8. The van der Waals surface area contributed by atoms with Crippen molar-refractivity contribution in [1.82, 2.24) is 9.97 Å². The highest BCUT2D eigenvalue weighted by molar-refractivity contribution is 6.32. The van der Waals surface area contributed by atoms with Crippen LogP contribution < -0.4 is 16.2 Å². The third kappa shape index (κ3) is 3.06. The number of anilines is 2. The topological polar surface area (TPSA) is 75.0 Å². The van der Waals surface area contributed by atoms with Gasteiger partial charge in [0.2, 0.25) is 0 Å². The van der Waals surface area contributed by atoms with Gasteiger partial charge in [0.15, 0.2) is 5.82 Å². The summed E-state index contributed by atoms with van der Waals surface area (Å²) in [5.41, 5.74) is 7.17. The summed E-state index contributed by atoms with van der Waals surface area (Å²) in [6.07, 6.45) is 1.35. The third-order valence-corrected chi connectivity index (χ3v) is 3.12. The van der Waals surface area contributed by atoms with E-state index in [2.05, 4.69) is 9.97 Å². The lowest BCUT2D eigenvalue weighted by molar-refractivity contribution is 0.808. The maximum atomic E-state index is 11.5. The first-order valence-electron chi connectivity index (χ1n) is 5.94. The number of halogens is 1. The lowest BCUT2D eigenvalue weighted by atomic mass is 10.2. The Hall–Kier alpha value is -2.01. The van der Waals surface area contributed by atoms with Crippen LogP contribution in [0, 0.1) is 0 Å². The molecule has 100 valence electrons. The average molecular weight is 279 g/mol. The van der Waals surface area contributed by atoms with E-state index in [0.29, 0.717) is 24.6 Å². The van der Waals surface area contributed by atoms with E-state index < -0.39 is 0 Å². The van der Waals surface area contributed by atoms with Crippen LogP contribution >= 0.6 is 11.6 Å². The number of aromatic nitrogens is 2. The Morgan fingerprint density at radius 1 is 1.47 bits per heavy atom. The number of aromatic amines is 1. The highest BCUT2D eigenvalue weighted by Gasteiger charge is 2.13. The van der Waals surface area contributed by atoms with Gasteiger partial charge < -0.3 is 15.6 Å². The van der Waals surface area contributed by atoms with Crippen LogP contribution in [0.25, 0.3) is 0 Å². The van der Waals surface area contributed by atoms with E-state index in [4.69, 9.17) is 17.3 Å². The SMILES string of the molecule is CCN(Cc1cccc(N)c1)c1nc[nH]c(=O)c1Cl. The molecule has 0 spiro atoms. The number of nitrogens with two attached hydrogens (primary N) is 1. The molecule has 0 aliphatic rings. The van der Waals surface area contributed by atoms with Crippen molar-refractivity contribution in [3.63, 3.8) is 0 Å². The molecule has 0 fully saturated rings. The Morgan fingerprint density at radius 3 is 2.95 bits per heavy atom. The summed E-state index contributed by atoms with van der Waals surface area (Å²) in [5.74, 6) is 0.482. The number of rotatable bonds is 4. The summed E-state index contributed by atoms with van der Waals surface area (Å²) < 4.78 is 0. The molecule has 1 aromatic heterocycles. The first kappa shape index (κ1) is 13.4. The van der Waals surface area contributed by atoms with Crippen molar-refractivity contribution >= 4 is 23.1 Å². The number of nitrogens with one attached hydrogen (secondary N) is 1. The first-order valence-corrected chi connectivity index (χ1v) is 6.32. The maximum Gasteiger partial charge on any atom is 0.271 e. The summed E-state index contributed by atoms with van der Waals surface area (Å²) in [7, 11) is 0. The van der Waals surface area contributed by atoms with Gasteiger partial charge in [-0.3, -0.25) is 4.79 Å². The van der Waals surface area contributed by atoms with Gasteiger partial charge in [-0.15, -0.1) is 0 Å². The Kier molecular flexibility index (Phi) is 4.06. The highest BCUT2D eigenvalue weighted by atomic mass is 35.5. The number of nitrogen functional groups attached to an aromatic ring is 1. The van der Waals surface area contributed by atoms with Crippen LogP contribution in [0.5, 0.6) is 0 Å². The van der Waals surface area contributed by atoms with E-state index >= 15 is 0 Å². The van der Waals surface area contributed by atoms with E-state index in [1.54, 1.807) is 0 Å². The number of hydrogen-bond acceptors (Lipinski definition) is 4. The molecule has 2 rings (SSSR count). The minimum atomic E-state index is -0.335. The molecule has 19 heavy (non-hydrogen) atoms. The van der Waals surface area contributed by atoms with Gasteiger partial charge in [-0.25, -0.2) is 4.98 Å². The molecular formula is C13H15ClN4O. The van der Waals surface area contributed by atoms with E-state index in [9.17, 15) is 4.79 Å². The van der Waals surface area contributed by atoms with Gasteiger partial charge in [-0.1, -0.05) is 23.7 Å². The van der Waals surface area contributed by atoms with Gasteiger partial charge in [-0.05, 0) is 24.6 Å². The van der Waals surface area contributed by atoms with Crippen LogP contribution in [0.2, 0.25) is 5.02 Å². The van der Waals surface area contributed by atoms with Gasteiger partial charge in [0.25, 0.3) is 5.56 Å². The van der Waals surface area contributed by atoms with Crippen LogP contribution in [0.1, 0.15) is 12.5 Å². The van der Waals surface area contributed by atoms with Crippen LogP contribution in [0.4, 0.5) is 11.5 Å². The lowest BCUT2D eigenvalue weighted by Gasteiger charge is -2.22. The fourth-order valence-corrected chi connectivity index (χ4v) is 2.07. The van der Waals surface area contributed by atoms with Gasteiger partial charge in [-0.2, -0.15) is 0 Å². The molecule has 0 aliphatic heterocycles. The summed E-state index contributed by atoms with van der Waals surface area (Å²) in [4.78, 5) is 20.0. The standard InChI is InChI=1S/C13H15ClN4O/c1-2-18(7-9-4-3-5-10(15)6-9)12-11(14)13(19)17-8-16-12/h3-6,8H,2,7,15H2,1H3,(H,16,17,19). The van der Waals surface area contributed by atoms with Crippen LogP contribution in [0.15, 0.2) is 35.4 Å². The molecule has 0 aliphatic carbocycles. The van der Waals surface area contributed by atoms with Crippen molar-refractivity contribution in [2.24, 2.45) is 0 Å². The van der Waals surface area contributed by atoms with Gasteiger partial charge in [0.05, 0.1) is 6.33 Å². The van der Waals surface area contributed by atoms with Crippen molar-refractivity contribution in [2.45, 2.75) is 13.5 Å². The Labute approximate surface area is 116 Å². The van der Waals surface area contributed by atoms with Gasteiger partial charge in [0, 0.05) is 18.8 Å². The number of hydrogen-bond donors (Lipinski definition) is 2. The van der Waals surface area contributed by atoms with Crippen molar-refractivity contribution in [3.05, 3.63) is 51.5 Å². The molecule has 6 heteroatoms. The molecule has 0 bridgehead atoms. The Morgan fingerprint density at radius 2 is 2.26 bits per heavy atom. The fourth-order valence-electron chi connectivity index (χ4n) is 1.84. The largest absolute Gasteiger partial charge is 0.399 e. The molecule has 2 aromatic rings. The monoisotopic (exact) mass is 278 g/mol. The predicted octanol–water partition coefficient (Wildman–Crippen LogP) is 2.03. The quantitative estimate of drug-likeness (QED) is 0.839. The normalized spacial score (nSPS) is 10.4. The number of nitrogens with zero attached hydrogens (tertiary/aromatic N) is 2. The molecule has 5 nitrogen and oxygen atoms in total. The van der Waals surface area contributed by atoms with Gasteiger partial charge >= 0.3 is 0 Å². The summed E-state index contributed by atoms with van der Waals surface area (Å²) in [6, 6.07) is 7.59. The highest BCUT2D eigenvalue weighted by Crippen LogP contribution is 2.20. The molecule has 0 amide bonds. The van der Waals surface area contributed by atoms with E-state index in [1.807, 2.05) is 36.1 Å². The van der Waals surface area contributed by atoms with Crippen LogP contribution in [-0.2, 0) is 6.54 Å². The van der Waals surface area contributed by atoms with Crippen LogP contribution in [0.3, 0.4) is 0 Å². The minimum Gasteiger partial charge on any atom is -0.399 e. The van der Waals surface area contributed by atoms with Gasteiger partial charge in [0.1, 0.15) is 5.02 Å². The molecule has 0 radical (unpaired) electrons. The Balaban J connectivity index is 2.30. The molecular weight excluding hydrogens is 264 g/mol. The smallest absolute Gasteiger partial charge is 0.271 e. The van der Waals surface area contributed by atoms with Crippen molar-refractivity contribution < 1.29 is 0 Å². The second-order valence-corrected chi connectivity index (χ2v) is 4.51. The molecule has 3 N–H and O–H groups in total. The minimum absolute atomic E-state index is 0.105. The predicted molar refractivity (Wildman–Crippen MR) is 77.4 cm³/mol. The zero-order valence-corrected chi connectivity index (χ0v) is 11.3. The van der Waals surface area contributed by atoms with Crippen molar-refractivity contribution in [2.75, 3.05) is 17.2 Å². The lowest BCUT2D eigenvalue weighted by Crippen LogP contribution is -2.25. The second-order valence-electron chi connectivity index (χ2n) is 4.13. The number of H-pyrrole nitrogens is 1. The molecule has 0 saturated heterocycles. The maximum absolute atomic E-state index is 11.5. The fraction of sp³-hybridized carbons (Fsp3) is 0.231. The molecule has 0 saturated carbocycles.